The summed E-state index contributed by atoms with van der Waals surface area (Å²) < 4.78 is 22.8. The lowest BCUT2D eigenvalue weighted by Crippen LogP contribution is -2.69. The van der Waals surface area contributed by atoms with Crippen LogP contribution < -0.4 is 34.0 Å². The highest BCUT2D eigenvalue weighted by molar-refractivity contribution is 5.72. The lowest BCUT2D eigenvalue weighted by Gasteiger charge is -2.48. The molecule has 204 valence electrons. The van der Waals surface area contributed by atoms with Crippen molar-refractivity contribution in [3.8, 4) is 0 Å². The highest BCUT2D eigenvalue weighted by atomic mass is 16.7. The number of nitrogens with two attached hydrogens (primary N) is 5. The number of carbonyl (C=O) groups is 1. The van der Waals surface area contributed by atoms with Crippen molar-refractivity contribution in [1.82, 2.24) is 5.32 Å². The first-order valence-electron chi connectivity index (χ1n) is 11.5. The quantitative estimate of drug-likeness (QED) is 0.152. The molecule has 3 rings (SSSR count). The Balaban J connectivity index is 1.79. The third-order valence-corrected chi connectivity index (χ3v) is 6.70. The number of rotatable bonds is 7. The Morgan fingerprint density at radius 3 is 2.11 bits per heavy atom. The molecule has 1 aliphatic carbocycles. The van der Waals surface area contributed by atoms with Gasteiger partial charge in [0.25, 0.3) is 0 Å². The molecule has 35 heavy (non-hydrogen) atoms. The minimum absolute atomic E-state index is 0.0123. The fourth-order valence-corrected chi connectivity index (χ4v) is 4.71. The molecule has 0 radical (unpaired) electrons. The summed E-state index contributed by atoms with van der Waals surface area (Å²) in [7, 11) is 0. The molecule has 0 aromatic carbocycles. The molecule has 0 aromatic heterocycles. The number of carbonyl (C=O) groups excluding carboxylic acids is 1. The number of urea groups is 1. The van der Waals surface area contributed by atoms with Gasteiger partial charge in [-0.3, -0.25) is 0 Å². The van der Waals surface area contributed by atoms with Crippen LogP contribution in [0.5, 0.6) is 0 Å². The van der Waals surface area contributed by atoms with Crippen LogP contribution in [0.1, 0.15) is 12.8 Å². The predicted molar refractivity (Wildman–Crippen MR) is 117 cm³/mol. The summed E-state index contributed by atoms with van der Waals surface area (Å²) in [5.41, 5.74) is 29.0. The van der Waals surface area contributed by atoms with Crippen molar-refractivity contribution in [3.05, 3.63) is 0 Å². The zero-order valence-corrected chi connectivity index (χ0v) is 19.1. The summed E-state index contributed by atoms with van der Waals surface area (Å²) in [4.78, 5) is 11.6. The summed E-state index contributed by atoms with van der Waals surface area (Å²) in [5, 5.41) is 53.7. The van der Waals surface area contributed by atoms with Crippen LogP contribution in [0.25, 0.3) is 0 Å². The van der Waals surface area contributed by atoms with Gasteiger partial charge >= 0.3 is 6.03 Å². The summed E-state index contributed by atoms with van der Waals surface area (Å²) in [6.07, 6.45) is -12.0. The SMILES string of the molecule is NCC1OC(OC2C(N)CC(NC(N)=O)C(OC3OC(CO)C(O)C(N)C3O)C2O)C(N)CC1O. The molecule has 14 unspecified atom stereocenters. The van der Waals surface area contributed by atoms with E-state index in [1.165, 1.54) is 0 Å². The van der Waals surface area contributed by atoms with Crippen LogP contribution in [-0.4, -0.2) is 130 Å². The second-order valence-corrected chi connectivity index (χ2v) is 9.24. The molecule has 16 nitrogen and oxygen atoms in total. The van der Waals surface area contributed by atoms with Crippen molar-refractivity contribution >= 4 is 6.03 Å². The van der Waals surface area contributed by atoms with E-state index in [4.69, 9.17) is 47.6 Å². The number of aliphatic hydroxyl groups excluding tert-OH is 5. The van der Waals surface area contributed by atoms with E-state index < -0.39 is 98.2 Å². The fourth-order valence-electron chi connectivity index (χ4n) is 4.71. The first-order chi connectivity index (χ1) is 16.5. The van der Waals surface area contributed by atoms with Gasteiger partial charge in [0, 0.05) is 12.6 Å². The second kappa shape index (κ2) is 11.9. The van der Waals surface area contributed by atoms with Crippen LogP contribution in [-0.2, 0) is 18.9 Å². The predicted octanol–water partition coefficient (Wildman–Crippen LogP) is -6.59. The van der Waals surface area contributed by atoms with Gasteiger partial charge < -0.3 is 78.5 Å². The highest BCUT2D eigenvalue weighted by Crippen LogP contribution is 2.31. The van der Waals surface area contributed by atoms with Crippen molar-refractivity contribution in [3.63, 3.8) is 0 Å². The zero-order chi connectivity index (χ0) is 26.0. The van der Waals surface area contributed by atoms with Crippen molar-refractivity contribution in [2.24, 2.45) is 28.7 Å². The molecule has 2 aliphatic heterocycles. The van der Waals surface area contributed by atoms with Gasteiger partial charge in [0.15, 0.2) is 12.6 Å². The van der Waals surface area contributed by atoms with E-state index in [-0.39, 0.29) is 19.4 Å². The molecule has 3 aliphatic rings. The molecule has 1 saturated carbocycles. The summed E-state index contributed by atoms with van der Waals surface area (Å²) in [6.45, 7) is -0.599. The third-order valence-electron chi connectivity index (χ3n) is 6.70. The van der Waals surface area contributed by atoms with Crippen LogP contribution in [0.3, 0.4) is 0 Å². The molecule has 0 aromatic rings. The number of hydrogen-bond acceptors (Lipinski definition) is 14. The van der Waals surface area contributed by atoms with E-state index in [9.17, 15) is 30.3 Å². The number of primary amides is 1. The van der Waals surface area contributed by atoms with Gasteiger partial charge in [-0.15, -0.1) is 0 Å². The topological polar surface area (TPSA) is 297 Å². The van der Waals surface area contributed by atoms with Crippen molar-refractivity contribution in [2.45, 2.75) is 98.4 Å². The van der Waals surface area contributed by atoms with Crippen LogP contribution in [0.15, 0.2) is 0 Å². The van der Waals surface area contributed by atoms with Crippen LogP contribution >= 0.6 is 0 Å². The Morgan fingerprint density at radius 1 is 0.886 bits per heavy atom. The lowest BCUT2D eigenvalue weighted by atomic mass is 9.83. The maximum Gasteiger partial charge on any atom is 0.312 e. The van der Waals surface area contributed by atoms with Crippen LogP contribution in [0.2, 0.25) is 0 Å². The van der Waals surface area contributed by atoms with E-state index in [1.54, 1.807) is 0 Å². The lowest BCUT2D eigenvalue weighted by molar-refractivity contribution is -0.315. The molecule has 3 fully saturated rings. The summed E-state index contributed by atoms with van der Waals surface area (Å²) in [5.74, 6) is 0. The Bertz CT molecular complexity index is 709. The average molecular weight is 511 g/mol. The van der Waals surface area contributed by atoms with Gasteiger partial charge in [-0.05, 0) is 12.8 Å². The number of aliphatic hydroxyl groups is 5. The molecule has 16 N–H and O–H groups in total. The third kappa shape index (κ3) is 6.19. The summed E-state index contributed by atoms with van der Waals surface area (Å²) in [6, 6.07) is -4.65. The minimum Gasteiger partial charge on any atom is -0.394 e. The normalized spacial score (nSPS) is 48.9. The van der Waals surface area contributed by atoms with Gasteiger partial charge in [-0.25, -0.2) is 4.79 Å². The molecule has 2 heterocycles. The summed E-state index contributed by atoms with van der Waals surface area (Å²) >= 11 is 0. The van der Waals surface area contributed by atoms with Crippen molar-refractivity contribution < 1.29 is 49.3 Å². The molecule has 14 atom stereocenters. The standard InChI is InChI=1S/C19H38N6O10/c20-3-9-8(27)2-6(22)17(32-9)34-15-5(21)1-7(25-19(24)31)16(14(15)30)35-18-13(29)11(23)12(28)10(4-26)33-18/h5-18,26-30H,1-4,20-23H2,(H3,24,25,31). The van der Waals surface area contributed by atoms with Gasteiger partial charge in [0.05, 0.1) is 36.9 Å². The Morgan fingerprint density at radius 2 is 1.51 bits per heavy atom. The largest absolute Gasteiger partial charge is 0.394 e. The molecule has 2 amide bonds. The maximum absolute atomic E-state index is 11.6. The number of hydrogen-bond donors (Lipinski definition) is 11. The van der Waals surface area contributed by atoms with Crippen LogP contribution in [0.4, 0.5) is 4.79 Å². The Hall–Kier alpha value is -1.25. The second-order valence-electron chi connectivity index (χ2n) is 9.24. The van der Waals surface area contributed by atoms with Gasteiger partial charge in [-0.1, -0.05) is 0 Å². The van der Waals surface area contributed by atoms with Gasteiger partial charge in [0.2, 0.25) is 0 Å². The van der Waals surface area contributed by atoms with E-state index in [1.807, 2.05) is 0 Å². The number of ether oxygens (including phenoxy) is 4. The first kappa shape index (κ1) is 28.3. The fraction of sp³-hybridized carbons (Fsp3) is 0.947. The first-order valence-corrected chi connectivity index (χ1v) is 11.5. The molecule has 0 spiro atoms. The number of nitrogens with one attached hydrogen (secondary N) is 1. The zero-order valence-electron chi connectivity index (χ0n) is 19.1. The molecular formula is C19H38N6O10. The minimum atomic E-state index is -1.54. The Labute approximate surface area is 201 Å². The van der Waals surface area contributed by atoms with Gasteiger partial charge in [-0.2, -0.15) is 0 Å². The molecule has 2 saturated heterocycles. The maximum atomic E-state index is 11.6. The smallest absolute Gasteiger partial charge is 0.312 e. The van der Waals surface area contributed by atoms with E-state index in [0.717, 1.165) is 0 Å². The molecule has 0 bridgehead atoms. The van der Waals surface area contributed by atoms with Crippen LogP contribution in [0, 0.1) is 0 Å². The number of amides is 2. The van der Waals surface area contributed by atoms with Gasteiger partial charge in [0.1, 0.15) is 36.6 Å². The van der Waals surface area contributed by atoms with E-state index in [0.29, 0.717) is 0 Å². The molecule has 16 heteroatoms. The average Bonchev–Trinajstić information content (AvgIpc) is 2.79. The van der Waals surface area contributed by atoms with E-state index >= 15 is 0 Å². The van der Waals surface area contributed by atoms with E-state index in [2.05, 4.69) is 5.32 Å². The molecular weight excluding hydrogens is 472 g/mol. The van der Waals surface area contributed by atoms with Crippen molar-refractivity contribution in [1.29, 1.82) is 0 Å². The highest BCUT2D eigenvalue weighted by Gasteiger charge is 2.51. The monoisotopic (exact) mass is 510 g/mol. The Kier molecular flexibility index (Phi) is 9.60. The van der Waals surface area contributed by atoms with Crippen molar-refractivity contribution in [2.75, 3.05) is 13.2 Å².